The Kier molecular flexibility index (Phi) is 4.68. The van der Waals surface area contributed by atoms with Crippen LogP contribution in [-0.4, -0.2) is 38.0 Å². The van der Waals surface area contributed by atoms with E-state index >= 15 is 0 Å². The third-order valence-electron chi connectivity index (χ3n) is 4.09. The third kappa shape index (κ3) is 3.83. The highest BCUT2D eigenvalue weighted by atomic mass is 32.2. The number of piperidine rings is 1. The molecule has 6 heteroatoms. The lowest BCUT2D eigenvalue weighted by Gasteiger charge is -2.30. The molecule has 1 aliphatic rings. The van der Waals surface area contributed by atoms with E-state index in [1.54, 1.807) is 0 Å². The molecule has 1 aliphatic heterocycles. The first kappa shape index (κ1) is 16.0. The number of anilines is 1. The molecule has 1 aromatic rings. The molecule has 116 valence electrons. The molecule has 1 N–H and O–H groups in total. The molecule has 0 unspecified atom stereocenters. The van der Waals surface area contributed by atoms with E-state index in [0.717, 1.165) is 29.7 Å². The molecule has 1 saturated heterocycles. The van der Waals surface area contributed by atoms with Crippen LogP contribution in [0, 0.1) is 19.8 Å². The van der Waals surface area contributed by atoms with Crippen LogP contribution in [0.3, 0.4) is 0 Å². The van der Waals surface area contributed by atoms with Crippen molar-refractivity contribution in [1.29, 1.82) is 0 Å². The van der Waals surface area contributed by atoms with Crippen molar-refractivity contribution in [2.24, 2.45) is 5.92 Å². The Morgan fingerprint density at radius 1 is 1.33 bits per heavy atom. The Morgan fingerprint density at radius 2 is 2.05 bits per heavy atom. The molecular weight excluding hydrogens is 288 g/mol. The van der Waals surface area contributed by atoms with E-state index in [1.807, 2.05) is 32.0 Å². The van der Waals surface area contributed by atoms with Gasteiger partial charge in [0, 0.05) is 18.8 Å². The van der Waals surface area contributed by atoms with Crippen molar-refractivity contribution < 1.29 is 13.2 Å². The van der Waals surface area contributed by atoms with Crippen molar-refractivity contribution in [2.45, 2.75) is 26.7 Å². The van der Waals surface area contributed by atoms with Gasteiger partial charge in [0.05, 0.1) is 12.2 Å². The molecule has 0 aliphatic carbocycles. The minimum absolute atomic E-state index is 0.1000. The van der Waals surface area contributed by atoms with Gasteiger partial charge >= 0.3 is 0 Å². The van der Waals surface area contributed by atoms with Crippen LogP contribution in [0.15, 0.2) is 18.2 Å². The number of amides is 1. The third-order valence-corrected chi connectivity index (χ3v) is 5.36. The normalized spacial score (nSPS) is 20.2. The fraction of sp³-hybridized carbons (Fsp3) is 0.533. The summed E-state index contributed by atoms with van der Waals surface area (Å²) in [6.45, 7) is 4.74. The molecule has 2 rings (SSSR count). The summed E-state index contributed by atoms with van der Waals surface area (Å²) in [5.74, 6) is -0.384. The molecule has 0 spiro atoms. The van der Waals surface area contributed by atoms with Gasteiger partial charge in [0.1, 0.15) is 0 Å². The van der Waals surface area contributed by atoms with Gasteiger partial charge < -0.3 is 5.32 Å². The maximum absolute atomic E-state index is 12.4. The number of aryl methyl sites for hydroxylation is 1. The number of benzene rings is 1. The Hall–Kier alpha value is -1.40. The van der Waals surface area contributed by atoms with Gasteiger partial charge in [-0.15, -0.1) is 0 Å². The summed E-state index contributed by atoms with van der Waals surface area (Å²) < 4.78 is 24.6. The van der Waals surface area contributed by atoms with Gasteiger partial charge in [0.2, 0.25) is 15.9 Å². The van der Waals surface area contributed by atoms with Crippen LogP contribution in [0.25, 0.3) is 0 Å². The lowest BCUT2D eigenvalue weighted by Crippen LogP contribution is -2.43. The van der Waals surface area contributed by atoms with Crippen molar-refractivity contribution in [3.8, 4) is 0 Å². The number of nitrogens with zero attached hydrogens (tertiary/aromatic N) is 1. The van der Waals surface area contributed by atoms with Gasteiger partial charge in [0.25, 0.3) is 0 Å². The second kappa shape index (κ2) is 6.15. The van der Waals surface area contributed by atoms with Crippen molar-refractivity contribution in [2.75, 3.05) is 24.7 Å². The highest BCUT2D eigenvalue weighted by molar-refractivity contribution is 7.88. The smallest absolute Gasteiger partial charge is 0.228 e. The minimum atomic E-state index is -3.23. The zero-order chi connectivity index (χ0) is 15.6. The van der Waals surface area contributed by atoms with Crippen molar-refractivity contribution in [3.63, 3.8) is 0 Å². The number of carbonyl (C=O) groups is 1. The van der Waals surface area contributed by atoms with E-state index < -0.39 is 10.0 Å². The number of sulfonamides is 1. The SMILES string of the molecule is Cc1cccc(NC(=O)[C@H]2CCCN(S(C)(=O)=O)C2)c1C. The predicted octanol–water partition coefficient (Wildman–Crippen LogP) is 1.91. The maximum atomic E-state index is 12.4. The Balaban J connectivity index is 2.08. The Labute approximate surface area is 126 Å². The standard InChI is InChI=1S/C15H22N2O3S/c1-11-6-4-8-14(12(11)2)16-15(18)13-7-5-9-17(10-13)21(3,19)20/h4,6,8,13H,5,7,9-10H2,1-3H3,(H,16,18)/t13-/m0/s1. The molecule has 0 radical (unpaired) electrons. The molecule has 1 amide bonds. The van der Waals surface area contributed by atoms with Crippen molar-refractivity contribution in [1.82, 2.24) is 4.31 Å². The summed E-state index contributed by atoms with van der Waals surface area (Å²) in [4.78, 5) is 12.4. The average molecular weight is 310 g/mol. The number of hydrogen-bond acceptors (Lipinski definition) is 3. The van der Waals surface area contributed by atoms with E-state index in [0.29, 0.717) is 6.54 Å². The molecule has 1 heterocycles. The molecule has 1 atom stereocenters. The first-order valence-corrected chi connectivity index (χ1v) is 8.96. The van der Waals surface area contributed by atoms with E-state index in [-0.39, 0.29) is 18.4 Å². The monoisotopic (exact) mass is 310 g/mol. The molecular formula is C15H22N2O3S. The first-order chi connectivity index (χ1) is 9.79. The second-order valence-electron chi connectivity index (χ2n) is 5.70. The highest BCUT2D eigenvalue weighted by Crippen LogP contribution is 2.23. The largest absolute Gasteiger partial charge is 0.326 e. The van der Waals surface area contributed by atoms with Gasteiger partial charge in [-0.25, -0.2) is 12.7 Å². The van der Waals surface area contributed by atoms with Crippen LogP contribution in [0.4, 0.5) is 5.69 Å². The molecule has 0 saturated carbocycles. The lowest BCUT2D eigenvalue weighted by atomic mass is 9.98. The van der Waals surface area contributed by atoms with Crippen LogP contribution in [0.5, 0.6) is 0 Å². The molecule has 21 heavy (non-hydrogen) atoms. The fourth-order valence-corrected chi connectivity index (χ4v) is 3.49. The molecule has 5 nitrogen and oxygen atoms in total. The zero-order valence-electron chi connectivity index (χ0n) is 12.7. The van der Waals surface area contributed by atoms with E-state index in [2.05, 4.69) is 5.32 Å². The van der Waals surface area contributed by atoms with Crippen molar-refractivity contribution >= 4 is 21.6 Å². The maximum Gasteiger partial charge on any atom is 0.228 e. The summed E-state index contributed by atoms with van der Waals surface area (Å²) in [5.41, 5.74) is 2.97. The topological polar surface area (TPSA) is 66.5 Å². The second-order valence-corrected chi connectivity index (χ2v) is 7.68. The molecule has 1 aromatic carbocycles. The minimum Gasteiger partial charge on any atom is -0.326 e. The molecule has 0 aromatic heterocycles. The Bertz CT molecular complexity index is 640. The number of hydrogen-bond donors (Lipinski definition) is 1. The van der Waals surface area contributed by atoms with Gasteiger partial charge in [0.15, 0.2) is 0 Å². The fourth-order valence-electron chi connectivity index (χ4n) is 2.58. The highest BCUT2D eigenvalue weighted by Gasteiger charge is 2.30. The first-order valence-electron chi connectivity index (χ1n) is 7.11. The summed E-state index contributed by atoms with van der Waals surface area (Å²) in [6.07, 6.45) is 2.64. The van der Waals surface area contributed by atoms with Gasteiger partial charge in [-0.05, 0) is 43.9 Å². The molecule has 1 fully saturated rings. The van der Waals surface area contributed by atoms with E-state index in [1.165, 1.54) is 10.6 Å². The van der Waals surface area contributed by atoms with Crippen LogP contribution in [-0.2, 0) is 14.8 Å². The number of carbonyl (C=O) groups excluding carboxylic acids is 1. The predicted molar refractivity (Wildman–Crippen MR) is 83.7 cm³/mol. The Morgan fingerprint density at radius 3 is 2.71 bits per heavy atom. The lowest BCUT2D eigenvalue weighted by molar-refractivity contribution is -0.120. The quantitative estimate of drug-likeness (QED) is 0.927. The van der Waals surface area contributed by atoms with E-state index in [9.17, 15) is 13.2 Å². The zero-order valence-corrected chi connectivity index (χ0v) is 13.5. The average Bonchev–Trinajstić information content (AvgIpc) is 2.43. The molecule has 0 bridgehead atoms. The summed E-state index contributed by atoms with van der Waals surface area (Å²) in [7, 11) is -3.23. The van der Waals surface area contributed by atoms with Crippen molar-refractivity contribution in [3.05, 3.63) is 29.3 Å². The van der Waals surface area contributed by atoms with Crippen LogP contribution in [0.2, 0.25) is 0 Å². The van der Waals surface area contributed by atoms with Crippen LogP contribution in [0.1, 0.15) is 24.0 Å². The van der Waals surface area contributed by atoms with Gasteiger partial charge in [-0.3, -0.25) is 4.79 Å². The summed E-state index contributed by atoms with van der Waals surface area (Å²) >= 11 is 0. The van der Waals surface area contributed by atoms with Gasteiger partial charge in [-0.2, -0.15) is 0 Å². The van der Waals surface area contributed by atoms with Gasteiger partial charge in [-0.1, -0.05) is 12.1 Å². The van der Waals surface area contributed by atoms with Crippen LogP contribution >= 0.6 is 0 Å². The number of rotatable bonds is 3. The van der Waals surface area contributed by atoms with E-state index in [4.69, 9.17) is 0 Å². The van der Waals surface area contributed by atoms with Crippen LogP contribution < -0.4 is 5.32 Å². The number of nitrogens with one attached hydrogen (secondary N) is 1. The summed E-state index contributed by atoms with van der Waals surface area (Å²) in [5, 5.41) is 2.93. The summed E-state index contributed by atoms with van der Waals surface area (Å²) in [6, 6.07) is 5.77.